The topological polar surface area (TPSA) is 92.5 Å². The smallest absolute Gasteiger partial charge is 0.326 e. The van der Waals surface area contributed by atoms with Crippen molar-refractivity contribution in [3.63, 3.8) is 0 Å². The second-order valence-corrected chi connectivity index (χ2v) is 14.7. The molecule has 2 aliphatic rings. The molecule has 272 valence electrons. The van der Waals surface area contributed by atoms with Crippen LogP contribution in [0.2, 0.25) is 15.1 Å². The van der Waals surface area contributed by atoms with Crippen molar-refractivity contribution in [2.75, 3.05) is 46.4 Å². The van der Waals surface area contributed by atoms with E-state index < -0.39 is 17.5 Å². The number of nitrogens with zero attached hydrogens (tertiary/aromatic N) is 6. The molecule has 1 saturated heterocycles. The molecule has 2 atom stereocenters. The SMILES string of the molecule is C.CCOc1cc(C(C)(C)C#N)c(Cl)cc1C1=N[C@@H](c2ccc(Cl)cc2)[C@@H](c2ccc(Cl)cc2)N1C(=O)N1CCN(CC(=O)N(C)C(C)C)CC1. The predicted octanol–water partition coefficient (Wildman–Crippen LogP) is 8.63. The molecule has 5 rings (SSSR count). The van der Waals surface area contributed by atoms with E-state index in [1.54, 1.807) is 35.8 Å². The van der Waals surface area contributed by atoms with Crippen molar-refractivity contribution in [3.8, 4) is 11.8 Å². The summed E-state index contributed by atoms with van der Waals surface area (Å²) in [5.74, 6) is 0.916. The molecule has 2 aliphatic heterocycles. The van der Waals surface area contributed by atoms with Gasteiger partial charge in [-0.1, -0.05) is 66.5 Å². The second-order valence-electron chi connectivity index (χ2n) is 13.5. The zero-order valence-electron chi connectivity index (χ0n) is 29.3. The maximum absolute atomic E-state index is 14.9. The fraction of sp³-hybridized carbons (Fsp3) is 0.436. The number of amides is 3. The van der Waals surface area contributed by atoms with Crippen molar-refractivity contribution >= 4 is 52.6 Å². The van der Waals surface area contributed by atoms with Crippen LogP contribution in [0.4, 0.5) is 4.79 Å². The summed E-state index contributed by atoms with van der Waals surface area (Å²) in [5, 5.41) is 11.5. The third-order valence-corrected chi connectivity index (χ3v) is 10.2. The van der Waals surface area contributed by atoms with Gasteiger partial charge in [0.15, 0.2) is 0 Å². The van der Waals surface area contributed by atoms with Gasteiger partial charge in [0, 0.05) is 54.3 Å². The van der Waals surface area contributed by atoms with Crippen LogP contribution in [0, 0.1) is 11.3 Å². The van der Waals surface area contributed by atoms with Gasteiger partial charge < -0.3 is 14.5 Å². The van der Waals surface area contributed by atoms with E-state index in [0.717, 1.165) is 11.1 Å². The van der Waals surface area contributed by atoms with Gasteiger partial charge in [-0.15, -0.1) is 0 Å². The van der Waals surface area contributed by atoms with E-state index in [4.69, 9.17) is 44.5 Å². The first-order chi connectivity index (χ1) is 23.7. The molecular weight excluding hydrogens is 707 g/mol. The van der Waals surface area contributed by atoms with E-state index in [1.807, 2.05) is 81.2 Å². The van der Waals surface area contributed by atoms with Gasteiger partial charge in [-0.3, -0.25) is 19.6 Å². The highest BCUT2D eigenvalue weighted by atomic mass is 35.5. The first-order valence-corrected chi connectivity index (χ1v) is 17.9. The van der Waals surface area contributed by atoms with Crippen molar-refractivity contribution in [3.05, 3.63) is 98.0 Å². The van der Waals surface area contributed by atoms with Crippen LogP contribution in [0.3, 0.4) is 0 Å². The zero-order valence-corrected chi connectivity index (χ0v) is 31.6. The number of hydrogen-bond donors (Lipinski definition) is 0. The summed E-state index contributed by atoms with van der Waals surface area (Å²) in [6.07, 6.45) is 0. The van der Waals surface area contributed by atoms with Gasteiger partial charge >= 0.3 is 6.03 Å². The fourth-order valence-corrected chi connectivity index (χ4v) is 6.89. The number of rotatable bonds is 9. The summed E-state index contributed by atoms with van der Waals surface area (Å²) in [7, 11) is 1.81. The maximum Gasteiger partial charge on any atom is 0.326 e. The molecule has 3 aromatic carbocycles. The van der Waals surface area contributed by atoms with E-state index >= 15 is 0 Å². The van der Waals surface area contributed by atoms with Crippen molar-refractivity contribution in [2.45, 2.75) is 65.6 Å². The Bertz CT molecular complexity index is 1780. The van der Waals surface area contributed by atoms with Gasteiger partial charge in [0.05, 0.1) is 36.2 Å². The lowest BCUT2D eigenvalue weighted by Crippen LogP contribution is -2.55. The minimum Gasteiger partial charge on any atom is -0.493 e. The maximum atomic E-state index is 14.9. The number of halogens is 3. The van der Waals surface area contributed by atoms with E-state index in [2.05, 4.69) is 11.0 Å². The molecular formula is C39H47Cl3N6O3. The Morgan fingerprint density at radius 3 is 2.08 bits per heavy atom. The van der Waals surface area contributed by atoms with Crippen LogP contribution in [0.5, 0.6) is 5.75 Å². The molecule has 0 saturated carbocycles. The number of urea groups is 1. The summed E-state index contributed by atoms with van der Waals surface area (Å²) in [6.45, 7) is 12.0. The van der Waals surface area contributed by atoms with Crippen LogP contribution in [0.25, 0.3) is 0 Å². The van der Waals surface area contributed by atoms with Crippen molar-refractivity contribution < 1.29 is 14.3 Å². The van der Waals surface area contributed by atoms with Crippen molar-refractivity contribution in [2.24, 2.45) is 4.99 Å². The molecule has 3 amide bonds. The van der Waals surface area contributed by atoms with Gasteiger partial charge in [-0.05, 0) is 87.7 Å². The van der Waals surface area contributed by atoms with E-state index in [9.17, 15) is 14.9 Å². The molecule has 1 fully saturated rings. The molecule has 0 unspecified atom stereocenters. The molecule has 9 nitrogen and oxygen atoms in total. The molecule has 2 heterocycles. The number of amidine groups is 1. The summed E-state index contributed by atoms with van der Waals surface area (Å²) in [5.41, 5.74) is 1.97. The Labute approximate surface area is 317 Å². The molecule has 0 N–H and O–H groups in total. The highest BCUT2D eigenvalue weighted by Gasteiger charge is 2.45. The largest absolute Gasteiger partial charge is 0.493 e. The first-order valence-electron chi connectivity index (χ1n) is 16.8. The average Bonchev–Trinajstić information content (AvgIpc) is 3.49. The molecule has 0 radical (unpaired) electrons. The summed E-state index contributed by atoms with van der Waals surface area (Å²) in [6, 6.07) is 19.6. The highest BCUT2D eigenvalue weighted by Crippen LogP contribution is 2.46. The Morgan fingerprint density at radius 2 is 1.55 bits per heavy atom. The van der Waals surface area contributed by atoms with Crippen LogP contribution in [-0.2, 0) is 10.2 Å². The van der Waals surface area contributed by atoms with Gasteiger partial charge in [0.25, 0.3) is 0 Å². The van der Waals surface area contributed by atoms with Gasteiger partial charge in [0.2, 0.25) is 5.91 Å². The average molecular weight is 754 g/mol. The number of carbonyl (C=O) groups is 2. The molecule has 51 heavy (non-hydrogen) atoms. The highest BCUT2D eigenvalue weighted by molar-refractivity contribution is 6.32. The summed E-state index contributed by atoms with van der Waals surface area (Å²) < 4.78 is 6.18. The number of nitriles is 1. The van der Waals surface area contributed by atoms with Crippen molar-refractivity contribution in [1.29, 1.82) is 5.26 Å². The lowest BCUT2D eigenvalue weighted by atomic mass is 9.85. The third-order valence-electron chi connectivity index (χ3n) is 9.43. The van der Waals surface area contributed by atoms with Crippen LogP contribution in [0.15, 0.2) is 65.7 Å². The molecule has 12 heteroatoms. The quantitative estimate of drug-likeness (QED) is 0.218. The molecule has 0 aliphatic carbocycles. The molecule has 3 aromatic rings. The first kappa shape index (κ1) is 40.0. The number of ether oxygens (including phenoxy) is 1. The van der Waals surface area contributed by atoms with Crippen LogP contribution < -0.4 is 4.74 Å². The lowest BCUT2D eigenvalue weighted by molar-refractivity contribution is -0.132. The van der Waals surface area contributed by atoms with Gasteiger partial charge in [0.1, 0.15) is 17.6 Å². The van der Waals surface area contributed by atoms with Gasteiger partial charge in [-0.2, -0.15) is 5.26 Å². The lowest BCUT2D eigenvalue weighted by Gasteiger charge is -2.39. The fourth-order valence-electron chi connectivity index (χ4n) is 6.24. The Hall–Kier alpha value is -3.81. The van der Waals surface area contributed by atoms with E-state index in [1.165, 1.54) is 0 Å². The number of likely N-dealkylation sites (N-methyl/N-ethyl adjacent to an activating group) is 1. The number of hydrogen-bond acceptors (Lipinski definition) is 6. The van der Waals surface area contributed by atoms with Crippen LogP contribution in [-0.4, -0.2) is 89.8 Å². The van der Waals surface area contributed by atoms with Crippen LogP contribution >= 0.6 is 34.8 Å². The number of carbonyl (C=O) groups excluding carboxylic acids is 2. The normalized spacial score (nSPS) is 17.9. The number of benzene rings is 3. The minimum atomic E-state index is -0.892. The van der Waals surface area contributed by atoms with Gasteiger partial charge in [-0.25, -0.2) is 4.79 Å². The summed E-state index contributed by atoms with van der Waals surface area (Å²) in [4.78, 5) is 40.4. The third kappa shape index (κ3) is 8.64. The number of piperazine rings is 1. The minimum absolute atomic E-state index is 0. The summed E-state index contributed by atoms with van der Waals surface area (Å²) >= 11 is 19.6. The Balaban J connectivity index is 0.00000583. The van der Waals surface area contributed by atoms with E-state index in [0.29, 0.717) is 77.1 Å². The number of aliphatic imine (C=N–C) groups is 1. The zero-order chi connectivity index (χ0) is 36.3. The molecule has 0 aromatic heterocycles. The standard InChI is InChI=1S/C38H43Cl3N6O3.CH4/c1-7-50-32-21-30(38(4,5)23-42)31(41)20-29(32)36-43-34(25-8-12-27(39)13-9-25)35(26-10-14-28(40)15-11-26)47(36)37(49)46-18-16-45(17-19-46)22-33(48)44(6)24(2)3;/h8-15,20-21,24,34-35H,7,16-19,22H2,1-6H3;1H4/t34-,35+;/m0./s1. The monoisotopic (exact) mass is 752 g/mol. The second kappa shape index (κ2) is 16.7. The van der Waals surface area contributed by atoms with Crippen molar-refractivity contribution in [1.82, 2.24) is 19.6 Å². The molecule has 0 bridgehead atoms. The van der Waals surface area contributed by atoms with Crippen LogP contribution in [0.1, 0.15) is 76.4 Å². The Kier molecular flexibility index (Phi) is 13.1. The van der Waals surface area contributed by atoms with E-state index in [-0.39, 0.29) is 25.4 Å². The molecule has 0 spiro atoms. The predicted molar refractivity (Wildman–Crippen MR) is 206 cm³/mol. The Morgan fingerprint density at radius 1 is 0.980 bits per heavy atom.